The summed E-state index contributed by atoms with van der Waals surface area (Å²) in [5, 5.41) is 3.90. The van der Waals surface area contributed by atoms with E-state index in [4.69, 9.17) is 4.52 Å². The lowest BCUT2D eigenvalue weighted by atomic mass is 10.2. The molecular weight excluding hydrogens is 510 g/mol. The highest BCUT2D eigenvalue weighted by atomic mass is 79.9. The smallest absolute Gasteiger partial charge is 0.246 e. The number of carbonyl (C=O) groups excluding carboxylic acids is 1. The van der Waals surface area contributed by atoms with Gasteiger partial charge in [0.05, 0.1) is 18.5 Å². The van der Waals surface area contributed by atoms with Crippen LogP contribution in [0.5, 0.6) is 0 Å². The number of aromatic nitrogens is 2. The normalized spacial score (nSPS) is 12.4. The fourth-order valence-electron chi connectivity index (χ4n) is 3.09. The van der Waals surface area contributed by atoms with E-state index >= 15 is 0 Å². The Hall–Kier alpha value is -2.86. The molecule has 1 amide bonds. The zero-order chi connectivity index (χ0) is 23.6. The third kappa shape index (κ3) is 5.30. The first-order valence-corrected chi connectivity index (χ1v) is 11.9. The van der Waals surface area contributed by atoms with Crippen LogP contribution >= 0.6 is 15.9 Å². The van der Waals surface area contributed by atoms with Crippen molar-refractivity contribution in [2.45, 2.75) is 19.5 Å². The number of sulfonamides is 1. The number of nitrogens with zero attached hydrogens (tertiary/aromatic N) is 4. The molecule has 0 bridgehead atoms. The van der Waals surface area contributed by atoms with Crippen LogP contribution in [0, 0.1) is 11.6 Å². The van der Waals surface area contributed by atoms with Crippen molar-refractivity contribution in [3.05, 3.63) is 64.5 Å². The van der Waals surface area contributed by atoms with Crippen molar-refractivity contribution >= 4 is 37.5 Å². The van der Waals surface area contributed by atoms with E-state index in [1.165, 1.54) is 18.9 Å². The van der Waals surface area contributed by atoms with Crippen molar-refractivity contribution in [2.75, 3.05) is 17.6 Å². The molecule has 0 aliphatic carbocycles. The largest absolute Gasteiger partial charge is 0.337 e. The number of likely N-dealkylation sites (N-methyl/N-ethyl adjacent to an activating group) is 1. The predicted molar refractivity (Wildman–Crippen MR) is 117 cm³/mol. The highest BCUT2D eigenvalue weighted by molar-refractivity contribution is 9.10. The topological polar surface area (TPSA) is 96.6 Å². The Bertz CT molecular complexity index is 1250. The van der Waals surface area contributed by atoms with E-state index in [0.29, 0.717) is 11.4 Å². The Balaban J connectivity index is 1.80. The van der Waals surface area contributed by atoms with Crippen molar-refractivity contribution in [3.8, 4) is 11.4 Å². The maximum absolute atomic E-state index is 13.7. The molecule has 0 saturated heterocycles. The molecule has 0 unspecified atom stereocenters. The van der Waals surface area contributed by atoms with Crippen molar-refractivity contribution < 1.29 is 26.5 Å². The lowest BCUT2D eigenvalue weighted by Crippen LogP contribution is -2.48. The van der Waals surface area contributed by atoms with E-state index in [2.05, 4.69) is 26.1 Å². The summed E-state index contributed by atoms with van der Waals surface area (Å²) in [4.78, 5) is 18.4. The van der Waals surface area contributed by atoms with Crippen LogP contribution in [0.3, 0.4) is 0 Å². The summed E-state index contributed by atoms with van der Waals surface area (Å²) in [6, 6.07) is 8.62. The van der Waals surface area contributed by atoms with Gasteiger partial charge >= 0.3 is 0 Å². The summed E-state index contributed by atoms with van der Waals surface area (Å²) >= 11 is 3.36. The van der Waals surface area contributed by atoms with Gasteiger partial charge in [-0.3, -0.25) is 9.10 Å². The van der Waals surface area contributed by atoms with Gasteiger partial charge in [0, 0.05) is 23.2 Å². The minimum atomic E-state index is -3.99. The highest BCUT2D eigenvalue weighted by Gasteiger charge is 2.32. The molecule has 8 nitrogen and oxygen atoms in total. The monoisotopic (exact) mass is 528 g/mol. The van der Waals surface area contributed by atoms with Crippen LogP contribution in [0.1, 0.15) is 12.8 Å². The fourth-order valence-corrected chi connectivity index (χ4v) is 4.65. The molecule has 0 spiro atoms. The number of anilines is 1. The molecule has 1 heterocycles. The summed E-state index contributed by atoms with van der Waals surface area (Å²) < 4.78 is 58.4. The van der Waals surface area contributed by atoms with Gasteiger partial charge in [-0.15, -0.1) is 0 Å². The van der Waals surface area contributed by atoms with Crippen LogP contribution in [0.4, 0.5) is 14.5 Å². The van der Waals surface area contributed by atoms with Gasteiger partial charge in [0.1, 0.15) is 6.04 Å². The van der Waals surface area contributed by atoms with E-state index in [1.807, 2.05) is 12.1 Å². The lowest BCUT2D eigenvalue weighted by molar-refractivity contribution is -0.131. The maximum atomic E-state index is 13.7. The molecule has 3 rings (SSSR count). The number of rotatable bonds is 7. The molecule has 1 aromatic heterocycles. The van der Waals surface area contributed by atoms with Crippen molar-refractivity contribution in [1.82, 2.24) is 15.0 Å². The van der Waals surface area contributed by atoms with Crippen LogP contribution in [0.15, 0.2) is 51.5 Å². The Kier molecular flexibility index (Phi) is 6.94. The second-order valence-electron chi connectivity index (χ2n) is 7.05. The second kappa shape index (κ2) is 9.33. The molecule has 0 saturated carbocycles. The molecule has 0 aliphatic heterocycles. The third-order valence-corrected chi connectivity index (χ3v) is 6.26. The average Bonchev–Trinajstić information content (AvgIpc) is 3.17. The lowest BCUT2D eigenvalue weighted by Gasteiger charge is -2.30. The average molecular weight is 529 g/mol. The van der Waals surface area contributed by atoms with Crippen LogP contribution in [0.2, 0.25) is 0 Å². The first kappa shape index (κ1) is 23.8. The van der Waals surface area contributed by atoms with Gasteiger partial charge in [-0.1, -0.05) is 33.2 Å². The van der Waals surface area contributed by atoms with Crippen LogP contribution < -0.4 is 4.31 Å². The molecule has 0 fully saturated rings. The maximum Gasteiger partial charge on any atom is 0.246 e. The Morgan fingerprint density at radius 1 is 1.19 bits per heavy atom. The summed E-state index contributed by atoms with van der Waals surface area (Å²) in [6.07, 6.45) is 0.875. The Labute approximate surface area is 192 Å². The van der Waals surface area contributed by atoms with E-state index < -0.39 is 33.6 Å². The quantitative estimate of drug-likeness (QED) is 0.464. The molecule has 0 N–H and O–H groups in total. The Morgan fingerprint density at radius 2 is 1.91 bits per heavy atom. The van der Waals surface area contributed by atoms with E-state index in [9.17, 15) is 22.0 Å². The van der Waals surface area contributed by atoms with Gasteiger partial charge in [0.15, 0.2) is 11.6 Å². The summed E-state index contributed by atoms with van der Waals surface area (Å²) in [7, 11) is -2.56. The van der Waals surface area contributed by atoms with Gasteiger partial charge in [-0.05, 0) is 31.2 Å². The van der Waals surface area contributed by atoms with Crippen molar-refractivity contribution in [2.24, 2.45) is 0 Å². The number of hydrogen-bond acceptors (Lipinski definition) is 6. The molecule has 0 radical (unpaired) electrons. The SMILES string of the molecule is C[C@@H](C(=O)N(C)Cc1nc(-c2cccc(Br)c2)no1)N(c1ccc(F)c(F)c1)S(C)(=O)=O. The van der Waals surface area contributed by atoms with Crippen molar-refractivity contribution in [3.63, 3.8) is 0 Å². The zero-order valence-electron chi connectivity index (χ0n) is 17.3. The molecular formula is C20H19BrF2N4O4S. The predicted octanol–water partition coefficient (Wildman–Crippen LogP) is 3.59. The van der Waals surface area contributed by atoms with Crippen molar-refractivity contribution in [1.29, 1.82) is 0 Å². The summed E-state index contributed by atoms with van der Waals surface area (Å²) in [6.45, 7) is 1.27. The number of carbonyl (C=O) groups is 1. The van der Waals surface area contributed by atoms with Gasteiger partial charge in [0.2, 0.25) is 27.6 Å². The Morgan fingerprint density at radius 3 is 2.53 bits per heavy atom. The van der Waals surface area contributed by atoms with E-state index in [-0.39, 0.29) is 18.1 Å². The molecule has 1 atom stereocenters. The zero-order valence-corrected chi connectivity index (χ0v) is 19.7. The second-order valence-corrected chi connectivity index (χ2v) is 9.82. The standard InChI is InChI=1S/C20H19BrF2N4O4S/c1-12(27(32(3,29)30)15-7-8-16(22)17(23)10-15)20(28)26(2)11-18-24-19(25-31-18)13-5-4-6-14(21)9-13/h4-10,12H,11H2,1-3H3/t12-/m0/s1. The van der Waals surface area contributed by atoms with Crippen LogP contribution in [-0.4, -0.2) is 48.7 Å². The van der Waals surface area contributed by atoms with E-state index in [0.717, 1.165) is 33.2 Å². The number of amides is 1. The van der Waals surface area contributed by atoms with Gasteiger partial charge in [-0.25, -0.2) is 17.2 Å². The fraction of sp³-hybridized carbons (Fsp3) is 0.250. The molecule has 0 aliphatic rings. The van der Waals surface area contributed by atoms with Gasteiger partial charge < -0.3 is 9.42 Å². The molecule has 12 heteroatoms. The molecule has 170 valence electrons. The van der Waals surface area contributed by atoms with Gasteiger partial charge in [-0.2, -0.15) is 4.98 Å². The highest BCUT2D eigenvalue weighted by Crippen LogP contribution is 2.24. The minimum absolute atomic E-state index is 0.0838. The van der Waals surface area contributed by atoms with Crippen LogP contribution in [0.25, 0.3) is 11.4 Å². The number of benzene rings is 2. The first-order valence-electron chi connectivity index (χ1n) is 9.25. The summed E-state index contributed by atoms with van der Waals surface area (Å²) in [5.74, 6) is -2.50. The molecule has 3 aromatic rings. The number of halogens is 3. The van der Waals surface area contributed by atoms with Gasteiger partial charge in [0.25, 0.3) is 0 Å². The minimum Gasteiger partial charge on any atom is -0.337 e. The summed E-state index contributed by atoms with van der Waals surface area (Å²) in [5.41, 5.74) is 0.536. The molecule has 32 heavy (non-hydrogen) atoms. The van der Waals surface area contributed by atoms with Crippen LogP contribution in [-0.2, 0) is 21.4 Å². The van der Waals surface area contributed by atoms with E-state index in [1.54, 1.807) is 12.1 Å². The molecule has 2 aromatic carbocycles. The first-order chi connectivity index (χ1) is 15.0. The third-order valence-electron chi connectivity index (χ3n) is 4.52. The number of hydrogen-bond donors (Lipinski definition) is 0.